The summed E-state index contributed by atoms with van der Waals surface area (Å²) in [7, 11) is 1.91. The van der Waals surface area contributed by atoms with Crippen LogP contribution in [-0.4, -0.2) is 96.0 Å². The van der Waals surface area contributed by atoms with Crippen LogP contribution in [0.5, 0.6) is 23.0 Å². The van der Waals surface area contributed by atoms with Gasteiger partial charge < -0.3 is 61.6 Å². The molecule has 10 heterocycles. The number of furan rings is 2. The average Bonchev–Trinajstić information content (AvgIpc) is 1.66. The zero-order chi connectivity index (χ0) is 98.8. The van der Waals surface area contributed by atoms with Gasteiger partial charge in [0.25, 0.3) is 0 Å². The number of carboxylic acid groups (broad SMARTS) is 4. The van der Waals surface area contributed by atoms with Crippen LogP contribution in [0.25, 0.3) is 143 Å². The third kappa shape index (κ3) is 19.1. The van der Waals surface area contributed by atoms with Gasteiger partial charge in [0.15, 0.2) is 29.1 Å². The van der Waals surface area contributed by atoms with Gasteiger partial charge in [-0.3, -0.25) is 0 Å². The second kappa shape index (κ2) is 40.5. The molecular formula is C118H100N8O16S. The van der Waals surface area contributed by atoms with Gasteiger partial charge in [-0.15, -0.1) is 11.3 Å². The molecule has 2 saturated carbocycles. The topological polar surface area (TPSA) is 334 Å². The largest absolute Gasteiger partial charge is 0.490 e. The highest BCUT2D eigenvalue weighted by Crippen LogP contribution is 2.46. The van der Waals surface area contributed by atoms with E-state index in [0.717, 1.165) is 174 Å². The fourth-order valence-electron chi connectivity index (χ4n) is 19.6. The molecule has 23 rings (SSSR count). The normalized spacial score (nSPS) is 14.9. The molecule has 0 saturated heterocycles. The Kier molecular flexibility index (Phi) is 26.5. The Labute approximate surface area is 825 Å². The van der Waals surface area contributed by atoms with Crippen molar-refractivity contribution in [2.75, 3.05) is 0 Å². The number of nitrogens with zero attached hydrogens (tertiary/aromatic N) is 8. The molecule has 24 nitrogen and oxygen atoms in total. The first-order valence-electron chi connectivity index (χ1n) is 47.7. The summed E-state index contributed by atoms with van der Waals surface area (Å²) in [6.07, 6.45) is 14.0. The summed E-state index contributed by atoms with van der Waals surface area (Å²) in [6.45, 7) is 14.0. The summed E-state index contributed by atoms with van der Waals surface area (Å²) in [5, 5.41) is 47.9. The van der Waals surface area contributed by atoms with Crippen LogP contribution in [0, 0.1) is 34.6 Å². The number of imidazole rings is 1. The lowest BCUT2D eigenvalue weighted by atomic mass is 9.87. The number of thiophene rings is 1. The quantitative estimate of drug-likeness (QED) is 0.0490. The lowest BCUT2D eigenvalue weighted by Gasteiger charge is -2.28. The van der Waals surface area contributed by atoms with Crippen LogP contribution in [0.3, 0.4) is 0 Å². The first-order valence-corrected chi connectivity index (χ1v) is 48.6. The van der Waals surface area contributed by atoms with Crippen LogP contribution in [0.2, 0.25) is 0 Å². The Bertz CT molecular complexity index is 8150. The Morgan fingerprint density at radius 2 is 0.874 bits per heavy atom. The summed E-state index contributed by atoms with van der Waals surface area (Å²) < 4.78 is 51.6. The van der Waals surface area contributed by atoms with Crippen molar-refractivity contribution < 1.29 is 76.2 Å². The van der Waals surface area contributed by atoms with Gasteiger partial charge in [0.2, 0.25) is 0 Å². The molecular weight excluding hydrogens is 1820 g/mol. The number of benzene rings is 11. The number of aromatic nitrogens is 8. The number of aromatic carboxylic acids is 4. The molecule has 143 heavy (non-hydrogen) atoms. The van der Waals surface area contributed by atoms with E-state index in [9.17, 15) is 39.6 Å². The lowest BCUT2D eigenvalue weighted by Crippen LogP contribution is -2.23. The van der Waals surface area contributed by atoms with Crippen LogP contribution in [0.4, 0.5) is 0 Å². The highest BCUT2D eigenvalue weighted by Gasteiger charge is 2.33. The zero-order valence-electron chi connectivity index (χ0n) is 79.8. The highest BCUT2D eigenvalue weighted by molar-refractivity contribution is 7.17. The fourth-order valence-corrected chi connectivity index (χ4v) is 20.6. The van der Waals surface area contributed by atoms with E-state index in [0.29, 0.717) is 125 Å². The van der Waals surface area contributed by atoms with Crippen LogP contribution >= 0.6 is 11.3 Å². The minimum absolute atomic E-state index is 0.0129. The molecule has 4 N–H and O–H groups in total. The van der Waals surface area contributed by atoms with Gasteiger partial charge in [0.05, 0.1) is 107 Å². The van der Waals surface area contributed by atoms with E-state index in [4.69, 9.17) is 61.5 Å². The molecule has 0 radical (unpaired) electrons. The molecule has 25 heteroatoms. The number of para-hydroxylation sites is 4. The number of carbonyl (C=O) groups is 4. The van der Waals surface area contributed by atoms with Crippen molar-refractivity contribution in [2.45, 2.75) is 143 Å². The summed E-state index contributed by atoms with van der Waals surface area (Å²) >= 11 is 1.63. The van der Waals surface area contributed by atoms with Crippen molar-refractivity contribution in [1.29, 1.82) is 0 Å². The smallest absolute Gasteiger partial charge is 0.336 e. The number of hydrogen-bond acceptors (Lipinski definition) is 20. The number of pyridine rings is 4. The van der Waals surface area contributed by atoms with Crippen molar-refractivity contribution in [3.05, 3.63) is 364 Å². The number of rotatable bonds is 22. The Morgan fingerprint density at radius 1 is 0.441 bits per heavy atom. The van der Waals surface area contributed by atoms with Crippen LogP contribution in [0.1, 0.15) is 181 Å². The van der Waals surface area contributed by atoms with Crippen molar-refractivity contribution in [3.63, 3.8) is 0 Å². The van der Waals surface area contributed by atoms with Crippen molar-refractivity contribution >= 4 is 122 Å². The van der Waals surface area contributed by atoms with E-state index in [1.165, 1.54) is 0 Å². The minimum Gasteiger partial charge on any atom is -0.490 e. The van der Waals surface area contributed by atoms with E-state index >= 15 is 0 Å². The predicted molar refractivity (Wildman–Crippen MR) is 555 cm³/mol. The van der Waals surface area contributed by atoms with E-state index in [1.807, 2.05) is 247 Å². The molecule has 0 bridgehead atoms. The number of oxazole rings is 2. The number of ether oxygens (including phenoxy) is 4. The van der Waals surface area contributed by atoms with Crippen molar-refractivity contribution in [3.8, 4) is 79.8 Å². The van der Waals surface area contributed by atoms with Gasteiger partial charge >= 0.3 is 23.9 Å². The van der Waals surface area contributed by atoms with E-state index in [2.05, 4.69) is 58.7 Å². The summed E-state index contributed by atoms with van der Waals surface area (Å²) in [5.74, 6) is 1.94. The number of hydrogen-bond donors (Lipinski definition) is 4. The molecule has 2 aliphatic carbocycles. The third-order valence-electron chi connectivity index (χ3n) is 27.2. The predicted octanol–water partition coefficient (Wildman–Crippen LogP) is 28.7. The van der Waals surface area contributed by atoms with Gasteiger partial charge in [-0.2, -0.15) is 0 Å². The Hall–Kier alpha value is -16.9. The van der Waals surface area contributed by atoms with Crippen molar-refractivity contribution in [2.24, 2.45) is 7.05 Å². The lowest BCUT2D eigenvalue weighted by molar-refractivity contribution is 0.0687. The monoisotopic (exact) mass is 1920 g/mol. The van der Waals surface area contributed by atoms with Crippen LogP contribution in [0.15, 0.2) is 303 Å². The number of fused-ring (bicyclic) bond motifs is 8. The van der Waals surface area contributed by atoms with Gasteiger partial charge in [-0.1, -0.05) is 183 Å². The first-order chi connectivity index (χ1) is 69.5. The molecule has 0 aliphatic heterocycles. The maximum absolute atomic E-state index is 12.5. The average molecular weight is 1920 g/mol. The van der Waals surface area contributed by atoms with Crippen LogP contribution in [-0.2, 0) is 20.1 Å². The molecule has 0 amide bonds. The van der Waals surface area contributed by atoms with Crippen LogP contribution < -0.4 is 18.9 Å². The second-order valence-electron chi connectivity index (χ2n) is 36.2. The summed E-state index contributed by atoms with van der Waals surface area (Å²) in [4.78, 5) is 82.7. The molecule has 11 aromatic carbocycles. The fraction of sp³-hybridized carbons (Fsp3) is 0.195. The minimum atomic E-state index is -1.04. The SMILES string of the molecule is CCc1ccc(OCc2ccc(-c3ccccc3)cc2)c2c(C(=O)O)cc(-c3csc4ccccc34)nc12.Cc1c(-c2cc(C(=O)O)c3c(OC4CCC(c5ncco5)CC4)ccc(C)c3n2)oc2ccccc12.Cc1c(-c2cc(C(=O)O)c3c(OC4CCC(c5ncco5)CC4)ccc(C)c3n2)oc2ccccc12.Cc1ccc(O[C@H](C)c2ccccc2)c2c(C(=O)O)cc(-c3nc4ccccc4n3C)nc12. The zero-order valence-corrected chi connectivity index (χ0v) is 80.6. The molecule has 21 aromatic rings. The van der Waals surface area contributed by atoms with Gasteiger partial charge in [-0.25, -0.2) is 54.1 Å². The van der Waals surface area contributed by atoms with E-state index in [1.54, 1.807) is 60.5 Å². The van der Waals surface area contributed by atoms with E-state index < -0.39 is 23.9 Å². The number of aryl methyl sites for hydroxylation is 7. The molecule has 2 fully saturated rings. The standard InChI is InChI=1S/C33H25NO3S.2C29H26N2O5.C27H23N3O3/c1-2-22-16-17-29(37-19-21-12-14-24(15-13-21)23-8-4-3-5-9-23)31-26(33(35)36)18-28(34-32(22)31)27-20-38-30-11-7-6-10-25(27)30;2*1-16-7-12-24(35-19-10-8-18(9-11-19)28-30-13-14-34-28)25-21(29(32)33)15-22(31-26(16)25)27-17(2)20-5-3-4-6-23(20)36-27;1-16-13-14-23(33-17(2)18-9-5-4-6-10-18)24-19(27(31)32)15-21(28-25(16)24)26-29-20-11-7-8-12-22(20)30(26)3/h3-18,20H,2,19H2,1H3,(H,35,36);2*3-7,12-15,18-19H,8-11H2,1-2H3,(H,32,33);4-15,17H,1-3H3,(H,31,32)/t;;;17-/m...1/s1. The molecule has 714 valence electrons. The van der Waals surface area contributed by atoms with Gasteiger partial charge in [0, 0.05) is 61.8 Å². The third-order valence-corrected chi connectivity index (χ3v) is 28.1. The molecule has 1 atom stereocenters. The van der Waals surface area contributed by atoms with Crippen molar-refractivity contribution in [1.82, 2.24) is 39.5 Å². The first kappa shape index (κ1) is 93.7. The molecule has 2 aliphatic rings. The molecule has 0 unspecified atom stereocenters. The maximum Gasteiger partial charge on any atom is 0.336 e. The summed E-state index contributed by atoms with van der Waals surface area (Å²) in [5.41, 5.74) is 19.3. The maximum atomic E-state index is 12.5. The van der Waals surface area contributed by atoms with Gasteiger partial charge in [-0.05, 0) is 223 Å². The Morgan fingerprint density at radius 3 is 1.38 bits per heavy atom. The number of carboxylic acids is 4. The molecule has 10 aromatic heterocycles. The Balaban J connectivity index is 0.000000117. The van der Waals surface area contributed by atoms with Gasteiger partial charge in [0.1, 0.15) is 76.5 Å². The van der Waals surface area contributed by atoms with E-state index in [-0.39, 0.29) is 40.6 Å². The molecule has 0 spiro atoms. The summed E-state index contributed by atoms with van der Waals surface area (Å²) in [6, 6.07) is 81.4. The highest BCUT2D eigenvalue weighted by atomic mass is 32.1. The second-order valence-corrected chi connectivity index (χ2v) is 37.1.